The predicted molar refractivity (Wildman–Crippen MR) is 75.2 cm³/mol. The predicted octanol–water partition coefficient (Wildman–Crippen LogP) is 2.30. The summed E-state index contributed by atoms with van der Waals surface area (Å²) in [5.41, 5.74) is 0.978. The van der Waals surface area contributed by atoms with Gasteiger partial charge in [-0.15, -0.1) is 0 Å². The first kappa shape index (κ1) is 14.8. The molecular weight excluding hydrogens is 259 g/mol. The number of ether oxygens (including phenoxy) is 1. The van der Waals surface area contributed by atoms with E-state index in [1.54, 1.807) is 11.8 Å². The highest BCUT2D eigenvalue weighted by Gasteiger charge is 2.22. The summed E-state index contributed by atoms with van der Waals surface area (Å²) in [6.45, 7) is 4.89. The lowest BCUT2D eigenvalue weighted by Gasteiger charge is -2.34. The Morgan fingerprint density at radius 2 is 1.90 bits per heavy atom. The van der Waals surface area contributed by atoms with Crippen LogP contribution in [0.5, 0.6) is 0 Å². The zero-order valence-electron chi connectivity index (χ0n) is 11.8. The maximum atomic E-state index is 12.9. The molecule has 0 aliphatic carbocycles. The summed E-state index contributed by atoms with van der Waals surface area (Å²) in [4.78, 5) is 15.6. The first-order chi connectivity index (χ1) is 9.65. The number of carbonyl (C=O) groups excluding carboxylic acids is 1. The van der Waals surface area contributed by atoms with E-state index in [1.807, 2.05) is 35.2 Å². The van der Waals surface area contributed by atoms with Gasteiger partial charge in [-0.25, -0.2) is 9.18 Å². The summed E-state index contributed by atoms with van der Waals surface area (Å²) in [5.74, 6) is 0. The molecule has 1 aliphatic heterocycles. The zero-order valence-corrected chi connectivity index (χ0v) is 11.8. The van der Waals surface area contributed by atoms with Gasteiger partial charge in [0.1, 0.15) is 12.8 Å². The first-order valence-corrected chi connectivity index (χ1v) is 6.97. The number of piperazine rings is 1. The number of rotatable bonds is 4. The molecule has 20 heavy (non-hydrogen) atoms. The van der Waals surface area contributed by atoms with E-state index < -0.39 is 6.17 Å². The minimum atomic E-state index is -0.827. The van der Waals surface area contributed by atoms with Gasteiger partial charge in [0, 0.05) is 32.7 Å². The third kappa shape index (κ3) is 4.49. The number of carbonyl (C=O) groups is 1. The minimum absolute atomic E-state index is 0.290. The van der Waals surface area contributed by atoms with Gasteiger partial charge in [-0.05, 0) is 12.5 Å². The number of alkyl halides is 1. The molecule has 1 fully saturated rings. The van der Waals surface area contributed by atoms with Crippen LogP contribution in [0.1, 0.15) is 12.5 Å². The Bertz CT molecular complexity index is 417. The van der Waals surface area contributed by atoms with Crippen LogP contribution in [0.3, 0.4) is 0 Å². The number of halogens is 1. The largest absolute Gasteiger partial charge is 0.445 e. The number of amides is 1. The lowest BCUT2D eigenvalue weighted by molar-refractivity contribution is 0.0664. The number of hydrogen-bond donors (Lipinski definition) is 0. The monoisotopic (exact) mass is 280 g/mol. The minimum Gasteiger partial charge on any atom is -0.445 e. The van der Waals surface area contributed by atoms with Gasteiger partial charge in [-0.2, -0.15) is 0 Å². The third-order valence-electron chi connectivity index (χ3n) is 3.35. The molecule has 1 saturated heterocycles. The summed E-state index contributed by atoms with van der Waals surface area (Å²) in [5, 5.41) is 0. The number of benzene rings is 1. The fourth-order valence-corrected chi connectivity index (χ4v) is 2.28. The molecule has 0 aromatic heterocycles. The molecule has 0 bridgehead atoms. The van der Waals surface area contributed by atoms with Crippen molar-refractivity contribution in [3.63, 3.8) is 0 Å². The molecule has 5 heteroatoms. The van der Waals surface area contributed by atoms with Crippen LogP contribution in [0, 0.1) is 0 Å². The van der Waals surface area contributed by atoms with E-state index in [1.165, 1.54) is 0 Å². The van der Waals surface area contributed by atoms with Crippen molar-refractivity contribution in [2.75, 3.05) is 32.7 Å². The van der Waals surface area contributed by atoms with Crippen molar-refractivity contribution >= 4 is 6.09 Å². The lowest BCUT2D eigenvalue weighted by atomic mass is 10.2. The van der Waals surface area contributed by atoms with E-state index in [4.69, 9.17) is 4.74 Å². The maximum absolute atomic E-state index is 12.9. The molecule has 1 heterocycles. The molecule has 2 rings (SSSR count). The molecule has 0 radical (unpaired) electrons. The van der Waals surface area contributed by atoms with Crippen LogP contribution in [0.25, 0.3) is 0 Å². The summed E-state index contributed by atoms with van der Waals surface area (Å²) >= 11 is 0. The molecule has 0 N–H and O–H groups in total. The second-order valence-corrected chi connectivity index (χ2v) is 5.11. The van der Waals surface area contributed by atoms with Crippen molar-refractivity contribution in [3.05, 3.63) is 35.9 Å². The van der Waals surface area contributed by atoms with Crippen LogP contribution in [0.15, 0.2) is 30.3 Å². The number of hydrogen-bond acceptors (Lipinski definition) is 3. The Hall–Kier alpha value is -1.62. The van der Waals surface area contributed by atoms with Crippen molar-refractivity contribution in [3.8, 4) is 0 Å². The fourth-order valence-electron chi connectivity index (χ4n) is 2.28. The van der Waals surface area contributed by atoms with Gasteiger partial charge >= 0.3 is 6.09 Å². The van der Waals surface area contributed by atoms with E-state index in [0.29, 0.717) is 39.3 Å². The average molecular weight is 280 g/mol. The van der Waals surface area contributed by atoms with Crippen molar-refractivity contribution in [2.24, 2.45) is 0 Å². The van der Waals surface area contributed by atoms with Crippen molar-refractivity contribution in [1.29, 1.82) is 0 Å². The van der Waals surface area contributed by atoms with Gasteiger partial charge in [-0.1, -0.05) is 30.3 Å². The molecule has 0 spiro atoms. The molecule has 1 aromatic rings. The van der Waals surface area contributed by atoms with Crippen LogP contribution in [0.2, 0.25) is 0 Å². The Kier molecular flexibility index (Phi) is 5.35. The van der Waals surface area contributed by atoms with Gasteiger partial charge in [0.15, 0.2) is 0 Å². The van der Waals surface area contributed by atoms with Gasteiger partial charge in [-0.3, -0.25) is 4.90 Å². The van der Waals surface area contributed by atoms with Crippen molar-refractivity contribution in [2.45, 2.75) is 19.7 Å². The van der Waals surface area contributed by atoms with Gasteiger partial charge in [0.05, 0.1) is 0 Å². The Morgan fingerprint density at radius 1 is 1.25 bits per heavy atom. The molecule has 1 aliphatic rings. The summed E-state index contributed by atoms with van der Waals surface area (Å²) in [7, 11) is 0. The molecule has 0 saturated carbocycles. The molecule has 1 unspecified atom stereocenters. The second kappa shape index (κ2) is 7.24. The molecule has 4 nitrogen and oxygen atoms in total. The van der Waals surface area contributed by atoms with E-state index in [2.05, 4.69) is 0 Å². The molecule has 1 amide bonds. The zero-order chi connectivity index (χ0) is 14.4. The molecule has 1 aromatic carbocycles. The smallest absolute Gasteiger partial charge is 0.410 e. The Labute approximate surface area is 119 Å². The van der Waals surface area contributed by atoms with Crippen LogP contribution in [0.4, 0.5) is 9.18 Å². The highest BCUT2D eigenvalue weighted by Crippen LogP contribution is 2.07. The van der Waals surface area contributed by atoms with Gasteiger partial charge < -0.3 is 9.64 Å². The quantitative estimate of drug-likeness (QED) is 0.848. The van der Waals surface area contributed by atoms with E-state index in [0.717, 1.165) is 5.56 Å². The summed E-state index contributed by atoms with van der Waals surface area (Å²) < 4.78 is 18.2. The first-order valence-electron chi connectivity index (χ1n) is 6.97. The van der Waals surface area contributed by atoms with Crippen LogP contribution < -0.4 is 0 Å². The Balaban J connectivity index is 1.72. The maximum Gasteiger partial charge on any atom is 0.410 e. The number of nitrogens with zero attached hydrogens (tertiary/aromatic N) is 2. The lowest BCUT2D eigenvalue weighted by Crippen LogP contribution is -2.49. The average Bonchev–Trinajstić information content (AvgIpc) is 2.46. The topological polar surface area (TPSA) is 32.8 Å². The molecule has 110 valence electrons. The van der Waals surface area contributed by atoms with Crippen molar-refractivity contribution < 1.29 is 13.9 Å². The van der Waals surface area contributed by atoms with Gasteiger partial charge in [0.25, 0.3) is 0 Å². The Morgan fingerprint density at radius 3 is 2.50 bits per heavy atom. The van der Waals surface area contributed by atoms with Crippen LogP contribution in [-0.2, 0) is 11.3 Å². The molecule has 1 atom stereocenters. The SMILES string of the molecule is CC(F)CN1CCN(C(=O)OCc2ccccc2)CC1. The van der Waals surface area contributed by atoms with Gasteiger partial charge in [0.2, 0.25) is 0 Å². The van der Waals surface area contributed by atoms with Crippen molar-refractivity contribution in [1.82, 2.24) is 9.80 Å². The van der Waals surface area contributed by atoms with Crippen LogP contribution in [-0.4, -0.2) is 54.8 Å². The highest BCUT2D eigenvalue weighted by molar-refractivity contribution is 5.67. The fraction of sp³-hybridized carbons (Fsp3) is 0.533. The van der Waals surface area contributed by atoms with E-state index >= 15 is 0 Å². The van der Waals surface area contributed by atoms with E-state index in [-0.39, 0.29) is 6.09 Å². The highest BCUT2D eigenvalue weighted by atomic mass is 19.1. The summed E-state index contributed by atoms with van der Waals surface area (Å²) in [6.07, 6.45) is -1.12. The normalized spacial score (nSPS) is 17.8. The summed E-state index contributed by atoms with van der Waals surface area (Å²) in [6, 6.07) is 9.61. The second-order valence-electron chi connectivity index (χ2n) is 5.11. The van der Waals surface area contributed by atoms with E-state index in [9.17, 15) is 9.18 Å². The molecular formula is C15H21FN2O2. The standard InChI is InChI=1S/C15H21FN2O2/c1-13(16)11-17-7-9-18(10-8-17)15(19)20-12-14-5-3-2-4-6-14/h2-6,13H,7-12H2,1H3. The third-order valence-corrected chi connectivity index (χ3v) is 3.35. The van der Waals surface area contributed by atoms with Crippen LogP contribution >= 0.6 is 0 Å².